The molecule has 0 bridgehead atoms. The molecule has 0 atom stereocenters. The highest BCUT2D eigenvalue weighted by Gasteiger charge is 2.29. The fourth-order valence-corrected chi connectivity index (χ4v) is 2.62. The fraction of sp³-hybridized carbons (Fsp3) is 0.692. The van der Waals surface area contributed by atoms with E-state index in [0.29, 0.717) is 17.6 Å². The summed E-state index contributed by atoms with van der Waals surface area (Å²) in [7, 11) is 0. The Bertz CT molecular complexity index is 507. The van der Waals surface area contributed by atoms with E-state index in [1.165, 1.54) is 6.07 Å². The van der Waals surface area contributed by atoms with Gasteiger partial charge in [-0.05, 0) is 12.8 Å². The summed E-state index contributed by atoms with van der Waals surface area (Å²) in [6.45, 7) is 5.00. The monoisotopic (exact) mass is 283 g/mol. The average molecular weight is 284 g/mol. The van der Waals surface area contributed by atoms with Gasteiger partial charge in [-0.25, -0.2) is 4.98 Å². The van der Waals surface area contributed by atoms with Crippen molar-refractivity contribution >= 4 is 11.6 Å². The Kier molecular flexibility index (Phi) is 3.86. The average Bonchev–Trinajstić information content (AvgIpc) is 3.22. The molecule has 5 nitrogen and oxygen atoms in total. The molecule has 0 radical (unpaired) electrons. The molecular formula is C13H18ClN3O2. The van der Waals surface area contributed by atoms with Gasteiger partial charge < -0.3 is 4.74 Å². The van der Waals surface area contributed by atoms with Crippen LogP contribution in [0.2, 0.25) is 5.15 Å². The highest BCUT2D eigenvalue weighted by atomic mass is 35.5. The van der Waals surface area contributed by atoms with Crippen LogP contribution in [0.25, 0.3) is 0 Å². The summed E-state index contributed by atoms with van der Waals surface area (Å²) in [6, 6.07) is 1.41. The van der Waals surface area contributed by atoms with E-state index in [9.17, 15) is 4.79 Å². The Labute approximate surface area is 117 Å². The molecule has 0 N–H and O–H groups in total. The van der Waals surface area contributed by atoms with Crippen molar-refractivity contribution in [1.82, 2.24) is 14.5 Å². The molecule has 0 amide bonds. The largest absolute Gasteiger partial charge is 0.379 e. The van der Waals surface area contributed by atoms with Crippen LogP contribution in [0, 0.1) is 0 Å². The van der Waals surface area contributed by atoms with Crippen LogP contribution in [0.4, 0.5) is 0 Å². The van der Waals surface area contributed by atoms with Crippen molar-refractivity contribution in [2.75, 3.05) is 32.8 Å². The first-order chi connectivity index (χ1) is 9.24. The standard InChI is InChI=1S/C13H18ClN3O2/c14-11-9-12(18)17(13(15-11)10-1-2-10)4-3-16-5-7-19-8-6-16/h9-10H,1-8H2. The minimum Gasteiger partial charge on any atom is -0.379 e. The predicted molar refractivity (Wildman–Crippen MR) is 72.7 cm³/mol. The molecular weight excluding hydrogens is 266 g/mol. The van der Waals surface area contributed by atoms with E-state index in [1.807, 2.05) is 0 Å². The van der Waals surface area contributed by atoms with Gasteiger partial charge in [0.15, 0.2) is 0 Å². The molecule has 1 aliphatic carbocycles. The Morgan fingerprint density at radius 3 is 2.74 bits per heavy atom. The Morgan fingerprint density at radius 1 is 1.32 bits per heavy atom. The summed E-state index contributed by atoms with van der Waals surface area (Å²) >= 11 is 5.89. The van der Waals surface area contributed by atoms with Crippen LogP contribution < -0.4 is 5.56 Å². The van der Waals surface area contributed by atoms with E-state index in [2.05, 4.69) is 9.88 Å². The molecule has 2 fully saturated rings. The van der Waals surface area contributed by atoms with Crippen molar-refractivity contribution < 1.29 is 4.74 Å². The van der Waals surface area contributed by atoms with E-state index in [0.717, 1.165) is 51.5 Å². The van der Waals surface area contributed by atoms with E-state index < -0.39 is 0 Å². The third-order valence-electron chi connectivity index (χ3n) is 3.69. The number of aromatic nitrogens is 2. The summed E-state index contributed by atoms with van der Waals surface area (Å²) in [4.78, 5) is 18.7. The zero-order valence-electron chi connectivity index (χ0n) is 10.8. The van der Waals surface area contributed by atoms with Crippen LogP contribution in [0.5, 0.6) is 0 Å². The number of halogens is 1. The maximum atomic E-state index is 12.1. The molecule has 104 valence electrons. The van der Waals surface area contributed by atoms with Crippen molar-refractivity contribution in [2.45, 2.75) is 25.3 Å². The van der Waals surface area contributed by atoms with E-state index in [1.54, 1.807) is 4.57 Å². The first-order valence-corrected chi connectivity index (χ1v) is 7.19. The Balaban J connectivity index is 1.74. The van der Waals surface area contributed by atoms with Crippen molar-refractivity contribution in [2.24, 2.45) is 0 Å². The molecule has 1 saturated carbocycles. The van der Waals surface area contributed by atoms with E-state index >= 15 is 0 Å². The van der Waals surface area contributed by atoms with Gasteiger partial charge in [-0.3, -0.25) is 14.3 Å². The summed E-state index contributed by atoms with van der Waals surface area (Å²) < 4.78 is 7.11. The smallest absolute Gasteiger partial charge is 0.255 e. The second-order valence-corrected chi connectivity index (χ2v) is 5.54. The maximum Gasteiger partial charge on any atom is 0.255 e. The van der Waals surface area contributed by atoms with Crippen LogP contribution in [-0.2, 0) is 11.3 Å². The summed E-state index contributed by atoms with van der Waals surface area (Å²) in [6.07, 6.45) is 2.23. The number of morpholine rings is 1. The Morgan fingerprint density at radius 2 is 2.05 bits per heavy atom. The van der Waals surface area contributed by atoms with Gasteiger partial charge in [-0.1, -0.05) is 11.6 Å². The normalized spacial score (nSPS) is 20.7. The molecule has 0 aromatic carbocycles. The quantitative estimate of drug-likeness (QED) is 0.777. The lowest BCUT2D eigenvalue weighted by atomic mass is 10.3. The minimum atomic E-state index is -0.0323. The number of hydrogen-bond acceptors (Lipinski definition) is 4. The predicted octanol–water partition coefficient (Wildman–Crippen LogP) is 1.11. The summed E-state index contributed by atoms with van der Waals surface area (Å²) in [5.74, 6) is 1.29. The van der Waals surface area contributed by atoms with Gasteiger partial charge >= 0.3 is 0 Å². The fourth-order valence-electron chi connectivity index (χ4n) is 2.44. The Hall–Kier alpha value is -0.910. The van der Waals surface area contributed by atoms with Gasteiger partial charge in [0.05, 0.1) is 13.2 Å². The van der Waals surface area contributed by atoms with Crippen LogP contribution >= 0.6 is 11.6 Å². The van der Waals surface area contributed by atoms with Crippen LogP contribution in [0.3, 0.4) is 0 Å². The van der Waals surface area contributed by atoms with Gasteiger partial charge in [0.1, 0.15) is 11.0 Å². The summed E-state index contributed by atoms with van der Waals surface area (Å²) in [5.41, 5.74) is -0.0323. The maximum absolute atomic E-state index is 12.1. The van der Waals surface area contributed by atoms with E-state index in [4.69, 9.17) is 16.3 Å². The molecule has 0 spiro atoms. The SMILES string of the molecule is O=c1cc(Cl)nc(C2CC2)n1CCN1CCOCC1. The number of ether oxygens (including phenoxy) is 1. The third-order valence-corrected chi connectivity index (χ3v) is 3.89. The molecule has 0 unspecified atom stereocenters. The lowest BCUT2D eigenvalue weighted by molar-refractivity contribution is 0.0361. The zero-order valence-corrected chi connectivity index (χ0v) is 11.6. The number of hydrogen-bond donors (Lipinski definition) is 0. The molecule has 19 heavy (non-hydrogen) atoms. The topological polar surface area (TPSA) is 47.4 Å². The van der Waals surface area contributed by atoms with Crippen LogP contribution in [0.1, 0.15) is 24.6 Å². The van der Waals surface area contributed by atoms with Crippen LogP contribution in [0.15, 0.2) is 10.9 Å². The molecule has 3 rings (SSSR count). The zero-order chi connectivity index (χ0) is 13.2. The van der Waals surface area contributed by atoms with Crippen molar-refractivity contribution in [3.63, 3.8) is 0 Å². The molecule has 1 aromatic heterocycles. The van der Waals surface area contributed by atoms with Gasteiger partial charge in [0, 0.05) is 38.2 Å². The summed E-state index contributed by atoms with van der Waals surface area (Å²) in [5, 5.41) is 0.314. The molecule has 6 heteroatoms. The highest BCUT2D eigenvalue weighted by molar-refractivity contribution is 6.29. The lowest BCUT2D eigenvalue weighted by Gasteiger charge is -2.27. The highest BCUT2D eigenvalue weighted by Crippen LogP contribution is 2.38. The molecule has 1 aromatic rings. The van der Waals surface area contributed by atoms with Crippen LogP contribution in [-0.4, -0.2) is 47.3 Å². The molecule has 1 aliphatic heterocycles. The van der Waals surface area contributed by atoms with Gasteiger partial charge in [0.25, 0.3) is 5.56 Å². The number of rotatable bonds is 4. The van der Waals surface area contributed by atoms with Crippen molar-refractivity contribution in [1.29, 1.82) is 0 Å². The van der Waals surface area contributed by atoms with Crippen molar-refractivity contribution in [3.8, 4) is 0 Å². The second kappa shape index (κ2) is 5.61. The molecule has 2 aliphatic rings. The molecule has 2 heterocycles. The van der Waals surface area contributed by atoms with Gasteiger partial charge in [-0.15, -0.1) is 0 Å². The molecule has 1 saturated heterocycles. The minimum absolute atomic E-state index is 0.0323. The second-order valence-electron chi connectivity index (χ2n) is 5.16. The first-order valence-electron chi connectivity index (χ1n) is 6.81. The number of nitrogens with zero attached hydrogens (tertiary/aromatic N) is 3. The third kappa shape index (κ3) is 3.16. The lowest BCUT2D eigenvalue weighted by Crippen LogP contribution is -2.39. The van der Waals surface area contributed by atoms with Gasteiger partial charge in [0.2, 0.25) is 0 Å². The first kappa shape index (κ1) is 13.1. The van der Waals surface area contributed by atoms with E-state index in [-0.39, 0.29) is 5.56 Å². The van der Waals surface area contributed by atoms with Crippen molar-refractivity contribution in [3.05, 3.63) is 27.4 Å². The van der Waals surface area contributed by atoms with Gasteiger partial charge in [-0.2, -0.15) is 0 Å².